The summed E-state index contributed by atoms with van der Waals surface area (Å²) in [5.74, 6) is 0. The van der Waals surface area contributed by atoms with Crippen LogP contribution in [0.25, 0.3) is 10.8 Å². The lowest BCUT2D eigenvalue weighted by Crippen LogP contribution is -2.39. The van der Waals surface area contributed by atoms with Crippen LogP contribution in [0.1, 0.15) is 32.6 Å². The number of piperidine rings is 1. The zero-order valence-corrected chi connectivity index (χ0v) is 11.5. The molecule has 1 aromatic carbocycles. The molecule has 0 radical (unpaired) electrons. The van der Waals surface area contributed by atoms with Gasteiger partial charge in [-0.3, -0.25) is 4.98 Å². The molecule has 1 unspecified atom stereocenters. The quantitative estimate of drug-likeness (QED) is 0.834. The summed E-state index contributed by atoms with van der Waals surface area (Å²) in [6, 6.07) is 6.94. The Morgan fingerprint density at radius 2 is 2.21 bits per heavy atom. The van der Waals surface area contributed by atoms with Crippen molar-refractivity contribution in [3.05, 3.63) is 30.6 Å². The number of hydrogen-bond donors (Lipinski definition) is 1. The number of fused-ring (bicyclic) bond motifs is 1. The predicted octanol–water partition coefficient (Wildman–Crippen LogP) is 3.59. The van der Waals surface area contributed by atoms with Crippen LogP contribution in [0, 0.1) is 0 Å². The van der Waals surface area contributed by atoms with Crippen LogP contribution >= 0.6 is 0 Å². The van der Waals surface area contributed by atoms with Crippen LogP contribution < -0.4 is 10.6 Å². The first-order valence-electron chi connectivity index (χ1n) is 7.20. The van der Waals surface area contributed by atoms with Gasteiger partial charge >= 0.3 is 0 Å². The Morgan fingerprint density at radius 1 is 1.32 bits per heavy atom. The van der Waals surface area contributed by atoms with Gasteiger partial charge in [-0.05, 0) is 37.8 Å². The van der Waals surface area contributed by atoms with Crippen molar-refractivity contribution in [1.29, 1.82) is 0 Å². The summed E-state index contributed by atoms with van der Waals surface area (Å²) < 4.78 is 0. The summed E-state index contributed by atoms with van der Waals surface area (Å²) in [5.41, 5.74) is 8.50. The van der Waals surface area contributed by atoms with E-state index in [0.717, 1.165) is 23.0 Å². The topological polar surface area (TPSA) is 42.2 Å². The average Bonchev–Trinajstić information content (AvgIpc) is 2.48. The molecule has 3 nitrogen and oxygen atoms in total. The second-order valence-electron chi connectivity index (χ2n) is 5.35. The van der Waals surface area contributed by atoms with E-state index in [1.54, 1.807) is 0 Å². The maximum Gasteiger partial charge on any atom is 0.0632 e. The first-order chi connectivity index (χ1) is 9.31. The van der Waals surface area contributed by atoms with Gasteiger partial charge in [0.05, 0.1) is 11.4 Å². The van der Waals surface area contributed by atoms with E-state index in [2.05, 4.69) is 28.9 Å². The lowest BCUT2D eigenvalue weighted by atomic mass is 9.98. The summed E-state index contributed by atoms with van der Waals surface area (Å²) in [6.45, 7) is 3.39. The van der Waals surface area contributed by atoms with E-state index in [-0.39, 0.29) is 0 Å². The largest absolute Gasteiger partial charge is 0.397 e. The number of benzene rings is 1. The Morgan fingerprint density at radius 3 is 3.05 bits per heavy atom. The minimum absolute atomic E-state index is 0.635. The van der Waals surface area contributed by atoms with Crippen LogP contribution in [0.3, 0.4) is 0 Å². The van der Waals surface area contributed by atoms with E-state index in [4.69, 9.17) is 5.73 Å². The van der Waals surface area contributed by atoms with Crippen molar-refractivity contribution in [3.8, 4) is 0 Å². The van der Waals surface area contributed by atoms with Gasteiger partial charge in [0, 0.05) is 35.8 Å². The molecule has 0 aliphatic carbocycles. The highest BCUT2D eigenvalue weighted by atomic mass is 15.2. The van der Waals surface area contributed by atoms with E-state index in [1.165, 1.54) is 31.4 Å². The Hall–Kier alpha value is -1.77. The first kappa shape index (κ1) is 12.3. The number of rotatable bonds is 2. The maximum atomic E-state index is 6.40. The summed E-state index contributed by atoms with van der Waals surface area (Å²) in [5, 5.41) is 2.24. The molecule has 2 N–H and O–H groups in total. The minimum Gasteiger partial charge on any atom is -0.397 e. The number of nitrogens with two attached hydrogens (primary N) is 1. The highest BCUT2D eigenvalue weighted by molar-refractivity contribution is 5.98. The Balaban J connectivity index is 2.06. The fourth-order valence-electron chi connectivity index (χ4n) is 3.17. The number of hydrogen-bond acceptors (Lipinski definition) is 3. The number of anilines is 2. The summed E-state index contributed by atoms with van der Waals surface area (Å²) in [7, 11) is 0. The molecule has 0 spiro atoms. The molecule has 19 heavy (non-hydrogen) atoms. The molecule has 1 aliphatic heterocycles. The molecule has 1 fully saturated rings. The second-order valence-corrected chi connectivity index (χ2v) is 5.35. The van der Waals surface area contributed by atoms with Gasteiger partial charge in [0.2, 0.25) is 0 Å². The molecule has 0 saturated carbocycles. The molecule has 2 heterocycles. The van der Waals surface area contributed by atoms with Gasteiger partial charge in [-0.25, -0.2) is 0 Å². The van der Waals surface area contributed by atoms with Crippen LogP contribution in [0.15, 0.2) is 30.6 Å². The van der Waals surface area contributed by atoms with Crippen molar-refractivity contribution >= 4 is 22.1 Å². The molecule has 1 atom stereocenters. The van der Waals surface area contributed by atoms with Crippen molar-refractivity contribution in [2.24, 2.45) is 0 Å². The summed E-state index contributed by atoms with van der Waals surface area (Å²) in [6.07, 6.45) is 8.77. The lowest BCUT2D eigenvalue weighted by Gasteiger charge is -2.38. The normalized spacial score (nSPS) is 19.8. The SMILES string of the molecule is CCC1CCCCN1c1ccc2cnccc2c1N. The van der Waals surface area contributed by atoms with E-state index in [0.29, 0.717) is 6.04 Å². The van der Waals surface area contributed by atoms with Gasteiger partial charge in [0.25, 0.3) is 0 Å². The third-order valence-corrected chi connectivity index (χ3v) is 4.25. The molecular weight excluding hydrogens is 234 g/mol. The molecule has 1 saturated heterocycles. The molecule has 0 amide bonds. The molecule has 0 bridgehead atoms. The van der Waals surface area contributed by atoms with Gasteiger partial charge in [-0.2, -0.15) is 0 Å². The van der Waals surface area contributed by atoms with Crippen molar-refractivity contribution in [1.82, 2.24) is 4.98 Å². The van der Waals surface area contributed by atoms with Gasteiger partial charge in [-0.1, -0.05) is 13.0 Å². The summed E-state index contributed by atoms with van der Waals surface area (Å²) in [4.78, 5) is 6.66. The van der Waals surface area contributed by atoms with E-state index >= 15 is 0 Å². The number of nitrogens with zero attached hydrogens (tertiary/aromatic N) is 2. The maximum absolute atomic E-state index is 6.40. The fraction of sp³-hybridized carbons (Fsp3) is 0.438. The van der Waals surface area contributed by atoms with Crippen molar-refractivity contribution in [2.45, 2.75) is 38.6 Å². The fourth-order valence-corrected chi connectivity index (χ4v) is 3.17. The van der Waals surface area contributed by atoms with Gasteiger partial charge in [0.15, 0.2) is 0 Å². The van der Waals surface area contributed by atoms with Crippen molar-refractivity contribution in [3.63, 3.8) is 0 Å². The predicted molar refractivity (Wildman–Crippen MR) is 81.4 cm³/mol. The molecule has 1 aromatic heterocycles. The van der Waals surface area contributed by atoms with Gasteiger partial charge < -0.3 is 10.6 Å². The lowest BCUT2D eigenvalue weighted by molar-refractivity contribution is 0.450. The van der Waals surface area contributed by atoms with Crippen molar-refractivity contribution in [2.75, 3.05) is 17.2 Å². The van der Waals surface area contributed by atoms with Crippen LogP contribution in [-0.4, -0.2) is 17.6 Å². The van der Waals surface area contributed by atoms with E-state index in [9.17, 15) is 0 Å². The summed E-state index contributed by atoms with van der Waals surface area (Å²) >= 11 is 0. The molecular formula is C16H21N3. The molecule has 100 valence electrons. The highest BCUT2D eigenvalue weighted by Gasteiger charge is 2.23. The number of aromatic nitrogens is 1. The molecule has 3 rings (SSSR count). The third kappa shape index (κ3) is 2.14. The minimum atomic E-state index is 0.635. The van der Waals surface area contributed by atoms with Crippen LogP contribution in [0.4, 0.5) is 11.4 Å². The molecule has 1 aliphatic rings. The van der Waals surface area contributed by atoms with E-state index in [1.807, 2.05) is 18.5 Å². The number of nitrogen functional groups attached to an aromatic ring is 1. The molecule has 2 aromatic rings. The zero-order valence-electron chi connectivity index (χ0n) is 11.5. The Labute approximate surface area is 114 Å². The monoisotopic (exact) mass is 255 g/mol. The van der Waals surface area contributed by atoms with Crippen LogP contribution in [0.2, 0.25) is 0 Å². The van der Waals surface area contributed by atoms with Gasteiger partial charge in [0.1, 0.15) is 0 Å². The van der Waals surface area contributed by atoms with E-state index < -0.39 is 0 Å². The van der Waals surface area contributed by atoms with Gasteiger partial charge in [-0.15, -0.1) is 0 Å². The first-order valence-corrected chi connectivity index (χ1v) is 7.20. The Bertz CT molecular complexity index is 579. The highest BCUT2D eigenvalue weighted by Crippen LogP contribution is 2.35. The number of pyridine rings is 1. The molecule has 3 heteroatoms. The third-order valence-electron chi connectivity index (χ3n) is 4.25. The zero-order chi connectivity index (χ0) is 13.2. The Kier molecular flexibility index (Phi) is 3.28. The van der Waals surface area contributed by atoms with Crippen molar-refractivity contribution < 1.29 is 0 Å². The smallest absolute Gasteiger partial charge is 0.0632 e. The second kappa shape index (κ2) is 5.08. The van der Waals surface area contributed by atoms with Crippen LogP contribution in [0.5, 0.6) is 0 Å². The average molecular weight is 255 g/mol. The standard InChI is InChI=1S/C16H21N3/c1-2-13-5-3-4-10-19(13)15-7-6-12-11-18-9-8-14(12)16(15)17/h6-9,11,13H,2-5,10,17H2,1H3. The van der Waals surface area contributed by atoms with Crippen LogP contribution in [-0.2, 0) is 0 Å².